The minimum absolute atomic E-state index is 0.333. The summed E-state index contributed by atoms with van der Waals surface area (Å²) in [7, 11) is 1.60. The van der Waals surface area contributed by atoms with Gasteiger partial charge in [0.25, 0.3) is 6.01 Å². The first kappa shape index (κ1) is 11.3. The number of hydrogen-bond donors (Lipinski definition) is 1. The van der Waals surface area contributed by atoms with Gasteiger partial charge in [0.05, 0.1) is 18.1 Å². The first-order chi connectivity index (χ1) is 8.04. The van der Waals surface area contributed by atoms with E-state index in [2.05, 4.69) is 9.97 Å². The molecule has 0 bridgehead atoms. The molecule has 0 radical (unpaired) electrons. The highest BCUT2D eigenvalue weighted by molar-refractivity contribution is 5.77. The molecule has 2 rings (SSSR count). The lowest BCUT2D eigenvalue weighted by Gasteiger charge is -2.14. The smallest absolute Gasteiger partial charge is 0.296 e. The van der Waals surface area contributed by atoms with Gasteiger partial charge in [0.2, 0.25) is 0 Å². The normalized spacial score (nSPS) is 11.2. The zero-order valence-corrected chi connectivity index (χ0v) is 9.94. The Bertz CT molecular complexity index is 581. The summed E-state index contributed by atoms with van der Waals surface area (Å²) in [5.41, 5.74) is 0.681. The Morgan fingerprint density at radius 2 is 2.18 bits per heavy atom. The lowest BCUT2D eigenvalue weighted by atomic mass is 10.2. The molecule has 17 heavy (non-hydrogen) atoms. The van der Waals surface area contributed by atoms with Gasteiger partial charge in [0.1, 0.15) is 11.8 Å². The third kappa shape index (κ3) is 2.31. The van der Waals surface area contributed by atoms with Gasteiger partial charge >= 0.3 is 0 Å². The number of H-pyrrole nitrogens is 1. The summed E-state index contributed by atoms with van der Waals surface area (Å²) >= 11 is 0. The second-order valence-electron chi connectivity index (χ2n) is 4.15. The van der Waals surface area contributed by atoms with E-state index in [0.29, 0.717) is 6.01 Å². The molecule has 0 unspecified atom stereocenters. The number of nitrogens with one attached hydrogen (secondary N) is 1. The highest BCUT2D eigenvalue weighted by Gasteiger charge is 2.20. The highest BCUT2D eigenvalue weighted by Crippen LogP contribution is 2.23. The second-order valence-corrected chi connectivity index (χ2v) is 4.15. The minimum Gasteiger partial charge on any atom is -0.497 e. The number of aromatic amines is 1. The number of hydrogen-bond acceptors (Lipinski definition) is 4. The summed E-state index contributed by atoms with van der Waals surface area (Å²) in [6.45, 7) is 3.36. The number of methoxy groups -OCH3 is 1. The van der Waals surface area contributed by atoms with Crippen LogP contribution >= 0.6 is 0 Å². The number of nitriles is 1. The first-order valence-electron chi connectivity index (χ1n) is 5.18. The molecule has 1 aromatic heterocycles. The van der Waals surface area contributed by atoms with Gasteiger partial charge in [0, 0.05) is 6.07 Å². The van der Waals surface area contributed by atoms with E-state index in [4.69, 9.17) is 14.7 Å². The standard InChI is InChI=1S/C12H13N3O2/c1-12(2,7-13)17-11-14-9-5-4-8(16-3)6-10(9)15-11/h4-6H,1-3H3,(H,14,15). The van der Waals surface area contributed by atoms with Crippen molar-refractivity contribution in [3.05, 3.63) is 18.2 Å². The Labute approximate surface area is 99.0 Å². The van der Waals surface area contributed by atoms with Gasteiger partial charge < -0.3 is 14.5 Å². The number of rotatable bonds is 3. The van der Waals surface area contributed by atoms with Gasteiger partial charge in [-0.3, -0.25) is 0 Å². The first-order valence-corrected chi connectivity index (χ1v) is 5.18. The fourth-order valence-corrected chi connectivity index (χ4v) is 1.41. The van der Waals surface area contributed by atoms with E-state index in [1.807, 2.05) is 24.3 Å². The van der Waals surface area contributed by atoms with Gasteiger partial charge in [0.15, 0.2) is 5.60 Å². The van der Waals surface area contributed by atoms with Crippen LogP contribution in [-0.2, 0) is 0 Å². The van der Waals surface area contributed by atoms with Crippen molar-refractivity contribution in [2.45, 2.75) is 19.4 Å². The van der Waals surface area contributed by atoms with E-state index < -0.39 is 5.60 Å². The molecule has 0 aliphatic heterocycles. The summed E-state index contributed by atoms with van der Waals surface area (Å²) in [4.78, 5) is 7.23. The van der Waals surface area contributed by atoms with E-state index in [-0.39, 0.29) is 0 Å². The predicted octanol–water partition coefficient (Wildman–Crippen LogP) is 2.25. The zero-order valence-electron chi connectivity index (χ0n) is 9.94. The Morgan fingerprint density at radius 3 is 2.82 bits per heavy atom. The summed E-state index contributed by atoms with van der Waals surface area (Å²) in [5, 5.41) is 8.88. The molecule has 88 valence electrons. The fraction of sp³-hybridized carbons (Fsp3) is 0.333. The lowest BCUT2D eigenvalue weighted by molar-refractivity contribution is 0.156. The fourth-order valence-electron chi connectivity index (χ4n) is 1.41. The van der Waals surface area contributed by atoms with Crippen LogP contribution in [0.4, 0.5) is 0 Å². The zero-order chi connectivity index (χ0) is 12.5. The molecule has 0 fully saturated rings. The van der Waals surface area contributed by atoms with E-state index in [0.717, 1.165) is 16.8 Å². The molecule has 5 nitrogen and oxygen atoms in total. The molecule has 0 atom stereocenters. The van der Waals surface area contributed by atoms with E-state index in [1.54, 1.807) is 21.0 Å². The number of nitrogens with zero attached hydrogens (tertiary/aromatic N) is 2. The maximum Gasteiger partial charge on any atom is 0.296 e. The minimum atomic E-state index is -0.905. The number of imidazole rings is 1. The molecule has 2 aromatic rings. The van der Waals surface area contributed by atoms with Crippen molar-refractivity contribution in [2.75, 3.05) is 7.11 Å². The third-order valence-corrected chi connectivity index (χ3v) is 2.29. The molecule has 1 heterocycles. The molecule has 1 aromatic carbocycles. The number of benzene rings is 1. The Balaban J connectivity index is 2.35. The van der Waals surface area contributed by atoms with Crippen LogP contribution in [0, 0.1) is 11.3 Å². The van der Waals surface area contributed by atoms with Crippen LogP contribution in [-0.4, -0.2) is 22.7 Å². The van der Waals surface area contributed by atoms with Crippen LogP contribution in [0.3, 0.4) is 0 Å². The Kier molecular flexibility index (Phi) is 2.64. The molecular formula is C12H13N3O2. The van der Waals surface area contributed by atoms with Crippen molar-refractivity contribution in [3.8, 4) is 17.8 Å². The quantitative estimate of drug-likeness (QED) is 0.879. The maximum absolute atomic E-state index is 8.88. The van der Waals surface area contributed by atoms with E-state index >= 15 is 0 Å². The number of aromatic nitrogens is 2. The predicted molar refractivity (Wildman–Crippen MR) is 63.0 cm³/mol. The van der Waals surface area contributed by atoms with E-state index in [1.165, 1.54) is 0 Å². The van der Waals surface area contributed by atoms with Crippen LogP contribution in [0.2, 0.25) is 0 Å². The molecule has 0 amide bonds. The number of fused-ring (bicyclic) bond motifs is 1. The molecular weight excluding hydrogens is 218 g/mol. The highest BCUT2D eigenvalue weighted by atomic mass is 16.5. The molecule has 0 saturated heterocycles. The van der Waals surface area contributed by atoms with Crippen LogP contribution in [0.15, 0.2) is 18.2 Å². The van der Waals surface area contributed by atoms with Crippen molar-refractivity contribution in [1.82, 2.24) is 9.97 Å². The monoisotopic (exact) mass is 231 g/mol. The van der Waals surface area contributed by atoms with Gasteiger partial charge in [-0.15, -0.1) is 0 Å². The molecule has 0 saturated carbocycles. The topological polar surface area (TPSA) is 70.9 Å². The second kappa shape index (κ2) is 3.98. The molecule has 5 heteroatoms. The van der Waals surface area contributed by atoms with Crippen molar-refractivity contribution >= 4 is 11.0 Å². The summed E-state index contributed by atoms with van der Waals surface area (Å²) < 4.78 is 10.6. The SMILES string of the molecule is COc1ccc2nc(OC(C)(C)C#N)[nH]c2c1. The van der Waals surface area contributed by atoms with Crippen LogP contribution in [0.5, 0.6) is 11.8 Å². The van der Waals surface area contributed by atoms with Gasteiger partial charge in [-0.05, 0) is 26.0 Å². The molecule has 0 aliphatic carbocycles. The van der Waals surface area contributed by atoms with Crippen molar-refractivity contribution in [2.24, 2.45) is 0 Å². The molecule has 0 aliphatic rings. The summed E-state index contributed by atoms with van der Waals surface area (Å²) in [5.74, 6) is 0.743. The summed E-state index contributed by atoms with van der Waals surface area (Å²) in [6.07, 6.45) is 0. The number of ether oxygens (including phenoxy) is 2. The third-order valence-electron chi connectivity index (χ3n) is 2.29. The Morgan fingerprint density at radius 1 is 1.41 bits per heavy atom. The molecule has 0 spiro atoms. The van der Waals surface area contributed by atoms with Crippen LogP contribution in [0.1, 0.15) is 13.8 Å². The maximum atomic E-state index is 8.88. The van der Waals surface area contributed by atoms with Crippen molar-refractivity contribution in [1.29, 1.82) is 5.26 Å². The van der Waals surface area contributed by atoms with Crippen molar-refractivity contribution < 1.29 is 9.47 Å². The average Bonchev–Trinajstić information content (AvgIpc) is 2.68. The van der Waals surface area contributed by atoms with Crippen molar-refractivity contribution in [3.63, 3.8) is 0 Å². The van der Waals surface area contributed by atoms with Crippen LogP contribution < -0.4 is 9.47 Å². The van der Waals surface area contributed by atoms with E-state index in [9.17, 15) is 0 Å². The largest absolute Gasteiger partial charge is 0.497 e. The summed E-state index contributed by atoms with van der Waals surface area (Å²) in [6, 6.07) is 7.86. The molecule has 1 N–H and O–H groups in total. The average molecular weight is 231 g/mol. The Hall–Kier alpha value is -2.22. The van der Waals surface area contributed by atoms with Crippen LogP contribution in [0.25, 0.3) is 11.0 Å². The van der Waals surface area contributed by atoms with Gasteiger partial charge in [-0.25, -0.2) is 0 Å². The van der Waals surface area contributed by atoms with Gasteiger partial charge in [-0.2, -0.15) is 10.2 Å². The lowest BCUT2D eigenvalue weighted by Crippen LogP contribution is -2.26. The van der Waals surface area contributed by atoms with Gasteiger partial charge in [-0.1, -0.05) is 0 Å².